The maximum Gasteiger partial charge on any atom is 0.278 e. The van der Waals surface area contributed by atoms with Crippen molar-refractivity contribution in [1.29, 1.82) is 0 Å². The number of hydrogen-bond acceptors (Lipinski definition) is 3. The molecule has 1 rings (SSSR count). The summed E-state index contributed by atoms with van der Waals surface area (Å²) in [6.45, 7) is 8.94. The van der Waals surface area contributed by atoms with Gasteiger partial charge in [0.15, 0.2) is 5.54 Å². The Morgan fingerprint density at radius 3 is 1.83 bits per heavy atom. The lowest BCUT2D eigenvalue weighted by Gasteiger charge is -2.33. The van der Waals surface area contributed by atoms with Gasteiger partial charge in [0.2, 0.25) is 0 Å². The van der Waals surface area contributed by atoms with Gasteiger partial charge < -0.3 is 5.21 Å². The number of nitrogens with zero attached hydrogens (tertiary/aromatic N) is 2. The lowest BCUT2D eigenvalue weighted by molar-refractivity contribution is -0.540. The normalized spacial score (nSPS) is 26.7. The molecule has 0 aromatic heterocycles. The minimum absolute atomic E-state index is 0.352. The number of rotatable bonds is 0. The highest BCUT2D eigenvalue weighted by Crippen LogP contribution is 2.35. The molecule has 0 spiro atoms. The molecule has 1 aliphatic heterocycles. The predicted molar refractivity (Wildman–Crippen MR) is 46.1 cm³/mol. The van der Waals surface area contributed by atoms with Gasteiger partial charge in [0.1, 0.15) is 5.54 Å². The Balaban J connectivity index is 3.22. The molecule has 0 aliphatic carbocycles. The van der Waals surface area contributed by atoms with Gasteiger partial charge in [-0.3, -0.25) is 4.74 Å². The molecule has 0 aromatic carbocycles. The van der Waals surface area contributed by atoms with Crippen LogP contribution in [0.1, 0.15) is 34.6 Å². The first-order valence-electron chi connectivity index (χ1n) is 4.03. The monoisotopic (exact) mass is 172 g/mol. The molecule has 0 amide bonds. The predicted octanol–water partition coefficient (Wildman–Crippen LogP) is 1.18. The van der Waals surface area contributed by atoms with Crippen LogP contribution in [-0.4, -0.2) is 31.9 Å². The van der Waals surface area contributed by atoms with Gasteiger partial charge in [0.05, 0.1) is 0 Å². The number of hydroxylamine groups is 3. The van der Waals surface area contributed by atoms with Crippen LogP contribution in [-0.2, 0) is 0 Å². The molecule has 0 saturated heterocycles. The van der Waals surface area contributed by atoms with Crippen LogP contribution in [0.15, 0.2) is 0 Å². The summed E-state index contributed by atoms with van der Waals surface area (Å²) in [5.74, 6) is 0.352. The third-order valence-corrected chi connectivity index (χ3v) is 3.13. The zero-order valence-electron chi connectivity index (χ0n) is 8.25. The minimum Gasteiger partial charge on any atom is -0.715 e. The average molecular weight is 172 g/mol. The Labute approximate surface area is 72.6 Å². The van der Waals surface area contributed by atoms with Crippen LogP contribution in [0.5, 0.6) is 0 Å². The highest BCUT2D eigenvalue weighted by atomic mass is 16.5. The standard InChI is InChI=1S/C8H16N2O2/c1-6-9(11)7(2,3)8(4,5)10(6)12/h11H,1-5H3. The number of hydrogen-bond donors (Lipinski definition) is 1. The second-order valence-electron chi connectivity index (χ2n) is 4.27. The lowest BCUT2D eigenvalue weighted by Crippen LogP contribution is -2.53. The van der Waals surface area contributed by atoms with Crippen LogP contribution >= 0.6 is 0 Å². The van der Waals surface area contributed by atoms with Gasteiger partial charge in [0.25, 0.3) is 5.84 Å². The van der Waals surface area contributed by atoms with E-state index in [2.05, 4.69) is 0 Å². The van der Waals surface area contributed by atoms with Crippen molar-refractivity contribution >= 4 is 5.84 Å². The van der Waals surface area contributed by atoms with E-state index >= 15 is 0 Å². The fourth-order valence-electron chi connectivity index (χ4n) is 1.40. The van der Waals surface area contributed by atoms with Crippen molar-refractivity contribution in [1.82, 2.24) is 5.06 Å². The topological polar surface area (TPSA) is 49.5 Å². The molecular formula is C8H16N2O2. The van der Waals surface area contributed by atoms with Crippen LogP contribution in [0.4, 0.5) is 0 Å². The molecule has 1 heterocycles. The van der Waals surface area contributed by atoms with Crippen LogP contribution in [0.2, 0.25) is 0 Å². The van der Waals surface area contributed by atoms with Crippen molar-refractivity contribution in [3.8, 4) is 0 Å². The molecule has 12 heavy (non-hydrogen) atoms. The summed E-state index contributed by atoms with van der Waals surface area (Å²) in [7, 11) is 0. The van der Waals surface area contributed by atoms with Crippen LogP contribution in [0.3, 0.4) is 0 Å². The van der Waals surface area contributed by atoms with Gasteiger partial charge in [-0.05, 0) is 27.7 Å². The van der Waals surface area contributed by atoms with Crippen molar-refractivity contribution in [2.45, 2.75) is 45.7 Å². The summed E-state index contributed by atoms with van der Waals surface area (Å²) < 4.78 is 0.854. The summed E-state index contributed by atoms with van der Waals surface area (Å²) in [5.41, 5.74) is -1.13. The van der Waals surface area contributed by atoms with Crippen molar-refractivity contribution in [2.24, 2.45) is 0 Å². The van der Waals surface area contributed by atoms with E-state index in [1.165, 1.54) is 0 Å². The second kappa shape index (κ2) is 2.13. The summed E-state index contributed by atoms with van der Waals surface area (Å²) >= 11 is 0. The molecule has 1 N–H and O–H groups in total. The Kier molecular flexibility index (Phi) is 1.65. The zero-order chi connectivity index (χ0) is 9.73. The molecule has 0 unspecified atom stereocenters. The van der Waals surface area contributed by atoms with Crippen molar-refractivity contribution in [3.05, 3.63) is 5.21 Å². The Bertz CT molecular complexity index is 243. The molecule has 0 aromatic rings. The Morgan fingerprint density at radius 1 is 1.33 bits per heavy atom. The molecule has 0 bridgehead atoms. The highest BCUT2D eigenvalue weighted by molar-refractivity contribution is 5.76. The first-order valence-corrected chi connectivity index (χ1v) is 4.03. The van der Waals surface area contributed by atoms with Gasteiger partial charge in [-0.15, -0.1) is 5.06 Å². The number of amidine groups is 1. The fraction of sp³-hybridized carbons (Fsp3) is 0.875. The van der Waals surface area contributed by atoms with E-state index in [-0.39, 0.29) is 0 Å². The SMILES string of the molecule is CC1=[N+]([O-])C(C)(C)C(C)(C)N1O. The fourth-order valence-corrected chi connectivity index (χ4v) is 1.40. The molecule has 0 fully saturated rings. The summed E-state index contributed by atoms with van der Waals surface area (Å²) in [5, 5.41) is 22.2. The van der Waals surface area contributed by atoms with Gasteiger partial charge in [0, 0.05) is 6.92 Å². The van der Waals surface area contributed by atoms with E-state index in [9.17, 15) is 10.4 Å². The van der Waals surface area contributed by atoms with Crippen LogP contribution in [0.25, 0.3) is 0 Å². The molecule has 0 radical (unpaired) electrons. The lowest BCUT2D eigenvalue weighted by atomic mass is 9.84. The van der Waals surface area contributed by atoms with Crippen molar-refractivity contribution < 1.29 is 9.95 Å². The van der Waals surface area contributed by atoms with E-state index in [1.54, 1.807) is 6.92 Å². The van der Waals surface area contributed by atoms with Crippen molar-refractivity contribution in [3.63, 3.8) is 0 Å². The molecule has 1 aliphatic rings. The van der Waals surface area contributed by atoms with Crippen LogP contribution < -0.4 is 0 Å². The highest BCUT2D eigenvalue weighted by Gasteiger charge is 2.57. The Morgan fingerprint density at radius 2 is 1.75 bits per heavy atom. The molecule has 4 heteroatoms. The molecule has 0 atom stereocenters. The first-order chi connectivity index (χ1) is 5.23. The van der Waals surface area contributed by atoms with Gasteiger partial charge in [-0.1, -0.05) is 0 Å². The van der Waals surface area contributed by atoms with Gasteiger partial charge >= 0.3 is 0 Å². The molecule has 0 saturated carbocycles. The maximum absolute atomic E-state index is 11.5. The first kappa shape index (κ1) is 9.32. The van der Waals surface area contributed by atoms with Gasteiger partial charge in [-0.2, -0.15) is 0 Å². The summed E-state index contributed by atoms with van der Waals surface area (Å²) in [4.78, 5) is 0. The van der Waals surface area contributed by atoms with E-state index in [0.29, 0.717) is 5.84 Å². The van der Waals surface area contributed by atoms with Crippen molar-refractivity contribution in [2.75, 3.05) is 0 Å². The maximum atomic E-state index is 11.5. The quantitative estimate of drug-likeness (QED) is 0.441. The zero-order valence-corrected chi connectivity index (χ0v) is 8.25. The second-order valence-corrected chi connectivity index (χ2v) is 4.27. The van der Waals surface area contributed by atoms with E-state index in [0.717, 1.165) is 9.80 Å². The van der Waals surface area contributed by atoms with E-state index in [1.807, 2.05) is 27.7 Å². The van der Waals surface area contributed by atoms with Crippen LogP contribution in [0, 0.1) is 5.21 Å². The molecule has 4 nitrogen and oxygen atoms in total. The smallest absolute Gasteiger partial charge is 0.278 e. The Hall–Kier alpha value is -0.770. The average Bonchev–Trinajstić information content (AvgIpc) is 2.05. The molecule has 70 valence electrons. The third kappa shape index (κ3) is 0.784. The summed E-state index contributed by atoms with van der Waals surface area (Å²) in [6, 6.07) is 0. The molecular weight excluding hydrogens is 156 g/mol. The van der Waals surface area contributed by atoms with E-state index < -0.39 is 11.1 Å². The summed E-state index contributed by atoms with van der Waals surface area (Å²) in [6.07, 6.45) is 0. The third-order valence-electron chi connectivity index (χ3n) is 3.13. The van der Waals surface area contributed by atoms with Gasteiger partial charge in [-0.25, -0.2) is 5.21 Å². The minimum atomic E-state index is -0.591. The van der Waals surface area contributed by atoms with E-state index in [4.69, 9.17) is 0 Å². The largest absolute Gasteiger partial charge is 0.715 e.